The number of carbonyl (C=O) groups is 1. The minimum Gasteiger partial charge on any atom is -0.370 e. The van der Waals surface area contributed by atoms with Crippen LogP contribution in [0.3, 0.4) is 0 Å². The Hall–Kier alpha value is -1.82. The van der Waals surface area contributed by atoms with Gasteiger partial charge in [0.2, 0.25) is 5.91 Å². The van der Waals surface area contributed by atoms with Crippen molar-refractivity contribution < 1.29 is 4.79 Å². The van der Waals surface area contributed by atoms with Crippen LogP contribution in [0.4, 0.5) is 5.82 Å². The Labute approximate surface area is 134 Å². The number of amides is 1. The Morgan fingerprint density at radius 2 is 2.14 bits per heavy atom. The van der Waals surface area contributed by atoms with E-state index in [0.717, 1.165) is 29.8 Å². The Balaban J connectivity index is 1.68. The van der Waals surface area contributed by atoms with Crippen LogP contribution in [0.1, 0.15) is 19.8 Å². The normalized spacial score (nSPS) is 14.0. The molecule has 0 aliphatic heterocycles. The van der Waals surface area contributed by atoms with Crippen molar-refractivity contribution in [1.29, 1.82) is 0 Å². The monoisotopic (exact) mass is 316 g/mol. The Kier molecular flexibility index (Phi) is 4.77. The third-order valence-corrected chi connectivity index (χ3v) is 4.39. The maximum atomic E-state index is 11.8. The molecule has 6 heteroatoms. The largest absolute Gasteiger partial charge is 0.370 e. The molecule has 116 valence electrons. The second kappa shape index (κ2) is 6.96. The lowest BCUT2D eigenvalue weighted by Crippen LogP contribution is -2.27. The minimum absolute atomic E-state index is 0.0543. The first-order chi connectivity index (χ1) is 10.8. The summed E-state index contributed by atoms with van der Waals surface area (Å²) in [5.41, 5.74) is 0.898. The van der Waals surface area contributed by atoms with Crippen molar-refractivity contribution in [2.24, 2.45) is 5.92 Å². The van der Waals surface area contributed by atoms with E-state index in [2.05, 4.69) is 20.6 Å². The number of nitrogens with one attached hydrogen (secondary N) is 2. The van der Waals surface area contributed by atoms with Crippen LogP contribution in [0.2, 0.25) is 0 Å². The third kappa shape index (κ3) is 3.88. The molecule has 1 heterocycles. The predicted molar refractivity (Wildman–Crippen MR) is 90.2 cm³/mol. The van der Waals surface area contributed by atoms with E-state index < -0.39 is 0 Å². The minimum atomic E-state index is 0.0543. The molecule has 1 amide bonds. The van der Waals surface area contributed by atoms with Crippen LogP contribution in [0.15, 0.2) is 29.4 Å². The maximum absolute atomic E-state index is 11.8. The zero-order valence-corrected chi connectivity index (χ0v) is 13.4. The van der Waals surface area contributed by atoms with Gasteiger partial charge in [-0.3, -0.25) is 4.79 Å². The van der Waals surface area contributed by atoms with Crippen molar-refractivity contribution in [2.45, 2.75) is 24.9 Å². The highest BCUT2D eigenvalue weighted by Gasteiger charge is 2.21. The summed E-state index contributed by atoms with van der Waals surface area (Å²) in [7, 11) is 0. The number of fused-ring (bicyclic) bond motifs is 1. The van der Waals surface area contributed by atoms with Crippen molar-refractivity contribution in [3.05, 3.63) is 24.3 Å². The number of thioether (sulfide) groups is 1. The van der Waals surface area contributed by atoms with Gasteiger partial charge < -0.3 is 10.6 Å². The summed E-state index contributed by atoms with van der Waals surface area (Å²) in [4.78, 5) is 20.9. The highest BCUT2D eigenvalue weighted by molar-refractivity contribution is 7.99. The number of hydrogen-bond acceptors (Lipinski definition) is 5. The van der Waals surface area contributed by atoms with E-state index in [4.69, 9.17) is 0 Å². The number of nitrogens with zero attached hydrogens (tertiary/aromatic N) is 2. The summed E-state index contributed by atoms with van der Waals surface area (Å²) in [6.45, 7) is 3.64. The van der Waals surface area contributed by atoms with Crippen molar-refractivity contribution >= 4 is 34.4 Å². The molecule has 0 unspecified atom stereocenters. The molecule has 0 atom stereocenters. The lowest BCUT2D eigenvalue weighted by atomic mass is 10.2. The van der Waals surface area contributed by atoms with E-state index in [1.54, 1.807) is 0 Å². The molecular formula is C16H20N4OS. The average Bonchev–Trinajstić information content (AvgIpc) is 3.35. The van der Waals surface area contributed by atoms with Crippen molar-refractivity contribution in [3.8, 4) is 0 Å². The number of carbonyl (C=O) groups excluding carboxylic acids is 1. The first kappa shape index (κ1) is 15.1. The number of hydrogen-bond donors (Lipinski definition) is 2. The fourth-order valence-corrected chi connectivity index (χ4v) is 2.86. The molecule has 1 aromatic carbocycles. The summed E-state index contributed by atoms with van der Waals surface area (Å²) in [5, 5.41) is 7.86. The Bertz CT molecular complexity index is 672. The smallest absolute Gasteiger partial charge is 0.230 e. The second-order valence-corrected chi connectivity index (χ2v) is 6.38. The fraction of sp³-hybridized carbons (Fsp3) is 0.438. The van der Waals surface area contributed by atoms with Crippen LogP contribution in [-0.2, 0) is 4.79 Å². The first-order valence-corrected chi connectivity index (χ1v) is 8.65. The Morgan fingerprint density at radius 1 is 1.32 bits per heavy atom. The predicted octanol–water partition coefficient (Wildman–Crippen LogP) is 2.68. The molecule has 0 bridgehead atoms. The zero-order chi connectivity index (χ0) is 15.4. The number of aromatic nitrogens is 2. The molecule has 0 spiro atoms. The van der Waals surface area contributed by atoms with Crippen LogP contribution >= 0.6 is 11.8 Å². The van der Waals surface area contributed by atoms with Crippen molar-refractivity contribution in [3.63, 3.8) is 0 Å². The fourth-order valence-electron chi connectivity index (χ4n) is 2.18. The van der Waals surface area contributed by atoms with Crippen LogP contribution in [0, 0.1) is 5.92 Å². The van der Waals surface area contributed by atoms with Gasteiger partial charge >= 0.3 is 0 Å². The summed E-state index contributed by atoms with van der Waals surface area (Å²) in [5.74, 6) is 1.94. The molecule has 1 aliphatic rings. The van der Waals surface area contributed by atoms with Gasteiger partial charge in [0.25, 0.3) is 0 Å². The molecule has 0 saturated heterocycles. The molecule has 1 aromatic heterocycles. The number of rotatable bonds is 7. The quantitative estimate of drug-likeness (QED) is 0.607. The summed E-state index contributed by atoms with van der Waals surface area (Å²) < 4.78 is 0. The van der Waals surface area contributed by atoms with Gasteiger partial charge in [0, 0.05) is 18.5 Å². The third-order valence-electron chi connectivity index (χ3n) is 3.54. The molecule has 5 nitrogen and oxygen atoms in total. The van der Waals surface area contributed by atoms with Crippen molar-refractivity contribution in [2.75, 3.05) is 24.2 Å². The van der Waals surface area contributed by atoms with Gasteiger partial charge in [0.05, 0.1) is 11.3 Å². The lowest BCUT2D eigenvalue weighted by molar-refractivity contribution is -0.118. The number of benzene rings is 1. The maximum Gasteiger partial charge on any atom is 0.230 e. The molecule has 2 aromatic rings. The first-order valence-electron chi connectivity index (χ1n) is 7.66. The molecule has 1 saturated carbocycles. The van der Waals surface area contributed by atoms with Crippen LogP contribution in [0.5, 0.6) is 0 Å². The molecular weight excluding hydrogens is 296 g/mol. The van der Waals surface area contributed by atoms with Gasteiger partial charge in [0.1, 0.15) is 5.82 Å². The molecule has 1 fully saturated rings. The van der Waals surface area contributed by atoms with E-state index in [1.807, 2.05) is 31.2 Å². The molecule has 2 N–H and O–H groups in total. The van der Waals surface area contributed by atoms with E-state index >= 15 is 0 Å². The van der Waals surface area contributed by atoms with Crippen molar-refractivity contribution in [1.82, 2.24) is 15.3 Å². The highest BCUT2D eigenvalue weighted by Crippen LogP contribution is 2.27. The number of anilines is 1. The van der Waals surface area contributed by atoms with Gasteiger partial charge in [0.15, 0.2) is 5.16 Å². The molecule has 22 heavy (non-hydrogen) atoms. The van der Waals surface area contributed by atoms with Gasteiger partial charge in [-0.2, -0.15) is 0 Å². The SMILES string of the molecule is CCNc1nc(SCC(=O)NCC2CC2)nc2ccccc12. The topological polar surface area (TPSA) is 66.9 Å². The number of para-hydroxylation sites is 1. The van der Waals surface area contributed by atoms with Crippen LogP contribution in [-0.4, -0.2) is 34.7 Å². The summed E-state index contributed by atoms with van der Waals surface area (Å²) >= 11 is 1.38. The van der Waals surface area contributed by atoms with Gasteiger partial charge in [-0.1, -0.05) is 23.9 Å². The Morgan fingerprint density at radius 3 is 2.91 bits per heavy atom. The molecule has 3 rings (SSSR count). The van der Waals surface area contributed by atoms with E-state index in [9.17, 15) is 4.79 Å². The average molecular weight is 316 g/mol. The van der Waals surface area contributed by atoms with Gasteiger partial charge in [-0.15, -0.1) is 0 Å². The van der Waals surface area contributed by atoms with E-state index in [0.29, 0.717) is 16.8 Å². The summed E-state index contributed by atoms with van der Waals surface area (Å²) in [6.07, 6.45) is 2.49. The van der Waals surface area contributed by atoms with E-state index in [-0.39, 0.29) is 5.91 Å². The van der Waals surface area contributed by atoms with Gasteiger partial charge in [-0.05, 0) is 37.8 Å². The zero-order valence-electron chi connectivity index (χ0n) is 12.6. The van der Waals surface area contributed by atoms with E-state index in [1.165, 1.54) is 24.6 Å². The standard InChI is InChI=1S/C16H20N4OS/c1-2-17-15-12-5-3-4-6-13(12)19-16(20-15)22-10-14(21)18-9-11-7-8-11/h3-6,11H,2,7-10H2,1H3,(H,18,21)(H,17,19,20). The summed E-state index contributed by atoms with van der Waals surface area (Å²) in [6, 6.07) is 7.91. The second-order valence-electron chi connectivity index (χ2n) is 5.44. The van der Waals surface area contributed by atoms with Crippen LogP contribution < -0.4 is 10.6 Å². The van der Waals surface area contributed by atoms with Gasteiger partial charge in [-0.25, -0.2) is 9.97 Å². The lowest BCUT2D eigenvalue weighted by Gasteiger charge is -2.09. The van der Waals surface area contributed by atoms with Crippen LogP contribution in [0.25, 0.3) is 10.9 Å². The molecule has 0 radical (unpaired) electrons. The highest BCUT2D eigenvalue weighted by atomic mass is 32.2. The molecule has 1 aliphatic carbocycles.